The van der Waals surface area contributed by atoms with Gasteiger partial charge >= 0.3 is 5.97 Å². The van der Waals surface area contributed by atoms with E-state index in [4.69, 9.17) is 16.6 Å². The third kappa shape index (κ3) is 4.18. The molecule has 0 saturated carbocycles. The smallest absolute Gasteiger partial charge is 0.356 e. The molecule has 0 fully saturated rings. The zero-order valence-corrected chi connectivity index (χ0v) is 21.0. The summed E-state index contributed by atoms with van der Waals surface area (Å²) in [7, 11) is 0. The van der Waals surface area contributed by atoms with Gasteiger partial charge in [0.2, 0.25) is 5.95 Å². The van der Waals surface area contributed by atoms with Crippen LogP contribution in [0.3, 0.4) is 0 Å². The van der Waals surface area contributed by atoms with E-state index in [1.165, 1.54) is 11.1 Å². The van der Waals surface area contributed by atoms with Gasteiger partial charge in [0, 0.05) is 25.2 Å². The van der Waals surface area contributed by atoms with Gasteiger partial charge in [-0.3, -0.25) is 9.36 Å². The molecule has 2 N–H and O–H groups in total. The lowest BCUT2D eigenvalue weighted by Crippen LogP contribution is -2.30. The van der Waals surface area contributed by atoms with Crippen LogP contribution in [0.2, 0.25) is 5.15 Å². The molecule has 5 rings (SSSR count). The van der Waals surface area contributed by atoms with Crippen molar-refractivity contribution in [2.75, 3.05) is 10.2 Å². The fraction of sp³-hybridized carbons (Fsp3) is 0.259. The van der Waals surface area contributed by atoms with Gasteiger partial charge in [-0.1, -0.05) is 41.9 Å². The number of benzene rings is 2. The summed E-state index contributed by atoms with van der Waals surface area (Å²) in [5.74, 6) is -0.552. The molecule has 0 spiro atoms. The number of carboxylic acid groups (broad SMARTS) is 1. The van der Waals surface area contributed by atoms with Crippen LogP contribution in [0, 0.1) is 6.92 Å². The highest BCUT2D eigenvalue weighted by Crippen LogP contribution is 2.31. The zero-order chi connectivity index (χ0) is 25.6. The second-order valence-electron chi connectivity index (χ2n) is 9.04. The average molecular weight is 504 g/mol. The number of halogens is 1. The minimum absolute atomic E-state index is 0.0926. The van der Waals surface area contributed by atoms with Crippen molar-refractivity contribution in [2.24, 2.45) is 0 Å². The number of fused-ring (bicyclic) bond motifs is 2. The van der Waals surface area contributed by atoms with E-state index < -0.39 is 5.97 Å². The van der Waals surface area contributed by atoms with Crippen LogP contribution in [0.25, 0.3) is 10.9 Å². The number of hydrogen-bond acceptors (Lipinski definition) is 6. The molecule has 0 saturated heterocycles. The molecule has 0 amide bonds. The van der Waals surface area contributed by atoms with Crippen molar-refractivity contribution in [2.45, 2.75) is 46.4 Å². The lowest BCUT2D eigenvalue weighted by molar-refractivity contribution is 0.0691. The SMILES string of the molecule is CCn1c(N2Cc3ccccc3C2)nc2c([C@@H](C)Nc3ccc(Cl)nc3C(=O)O)cc(C)cc2c1=O. The van der Waals surface area contributed by atoms with Gasteiger partial charge in [-0.25, -0.2) is 14.8 Å². The highest BCUT2D eigenvalue weighted by atomic mass is 35.5. The molecule has 0 radical (unpaired) electrons. The summed E-state index contributed by atoms with van der Waals surface area (Å²) >= 11 is 5.92. The number of aromatic carboxylic acids is 1. The molecule has 9 heteroatoms. The molecule has 0 bridgehead atoms. The number of rotatable bonds is 6. The number of aromatic nitrogens is 3. The lowest BCUT2D eigenvalue weighted by atomic mass is 10.0. The Morgan fingerprint density at radius 3 is 2.47 bits per heavy atom. The summed E-state index contributed by atoms with van der Waals surface area (Å²) in [6.45, 7) is 7.65. The normalized spacial score (nSPS) is 13.6. The largest absolute Gasteiger partial charge is 0.476 e. The molecule has 0 unspecified atom stereocenters. The van der Waals surface area contributed by atoms with E-state index in [2.05, 4.69) is 27.3 Å². The maximum absolute atomic E-state index is 13.6. The minimum Gasteiger partial charge on any atom is -0.476 e. The van der Waals surface area contributed by atoms with Crippen molar-refractivity contribution in [1.29, 1.82) is 0 Å². The molecule has 184 valence electrons. The Bertz CT molecular complexity index is 1540. The summed E-state index contributed by atoms with van der Waals surface area (Å²) in [5.41, 5.74) is 4.85. The van der Waals surface area contributed by atoms with E-state index >= 15 is 0 Å². The van der Waals surface area contributed by atoms with Crippen molar-refractivity contribution < 1.29 is 9.90 Å². The Labute approximate surface area is 213 Å². The van der Waals surface area contributed by atoms with E-state index in [1.807, 2.05) is 45.0 Å². The molecule has 0 aliphatic carbocycles. The molecule has 1 aliphatic rings. The van der Waals surface area contributed by atoms with Gasteiger partial charge in [-0.2, -0.15) is 0 Å². The Kier molecular flexibility index (Phi) is 6.14. The van der Waals surface area contributed by atoms with Crippen LogP contribution in [0.1, 0.15) is 52.6 Å². The van der Waals surface area contributed by atoms with Crippen LogP contribution < -0.4 is 15.8 Å². The van der Waals surface area contributed by atoms with E-state index in [9.17, 15) is 14.7 Å². The quantitative estimate of drug-likeness (QED) is 0.350. The fourth-order valence-electron chi connectivity index (χ4n) is 4.85. The maximum atomic E-state index is 13.6. The second-order valence-corrected chi connectivity index (χ2v) is 9.42. The van der Waals surface area contributed by atoms with Crippen LogP contribution in [0.4, 0.5) is 11.6 Å². The Balaban J connectivity index is 1.62. The number of carbonyl (C=O) groups is 1. The number of anilines is 2. The Morgan fingerprint density at radius 2 is 1.83 bits per heavy atom. The molecule has 2 aromatic carbocycles. The predicted octanol–water partition coefficient (Wildman–Crippen LogP) is 5.16. The van der Waals surface area contributed by atoms with E-state index in [-0.39, 0.29) is 22.4 Å². The first-order valence-corrected chi connectivity index (χ1v) is 12.2. The van der Waals surface area contributed by atoms with Gasteiger partial charge in [-0.05, 0) is 55.7 Å². The number of pyridine rings is 1. The topological polar surface area (TPSA) is 100 Å². The van der Waals surface area contributed by atoms with Crippen molar-refractivity contribution in [3.8, 4) is 0 Å². The first-order valence-electron chi connectivity index (χ1n) is 11.8. The summed E-state index contributed by atoms with van der Waals surface area (Å²) in [4.78, 5) is 36.5. The molecule has 1 atom stereocenters. The predicted molar refractivity (Wildman–Crippen MR) is 141 cm³/mol. The summed E-state index contributed by atoms with van der Waals surface area (Å²) in [6, 6.07) is 14.9. The zero-order valence-electron chi connectivity index (χ0n) is 20.2. The van der Waals surface area contributed by atoms with Gasteiger partial charge in [0.05, 0.1) is 22.6 Å². The van der Waals surface area contributed by atoms with Gasteiger partial charge in [0.25, 0.3) is 5.56 Å². The monoisotopic (exact) mass is 503 g/mol. The summed E-state index contributed by atoms with van der Waals surface area (Å²) in [6.07, 6.45) is 0. The van der Waals surface area contributed by atoms with Crippen molar-refractivity contribution in [1.82, 2.24) is 14.5 Å². The van der Waals surface area contributed by atoms with E-state index in [0.717, 1.165) is 11.1 Å². The Hall–Kier alpha value is -3.91. The number of aryl methyl sites for hydroxylation is 1. The highest BCUT2D eigenvalue weighted by Gasteiger charge is 2.25. The molecular formula is C27H26ClN5O3. The maximum Gasteiger partial charge on any atom is 0.356 e. The van der Waals surface area contributed by atoms with Gasteiger partial charge in [-0.15, -0.1) is 0 Å². The molecule has 3 heterocycles. The first kappa shape index (κ1) is 23.8. The number of nitrogens with one attached hydrogen (secondary N) is 1. The van der Waals surface area contributed by atoms with E-state index in [1.54, 1.807) is 16.7 Å². The van der Waals surface area contributed by atoms with Crippen LogP contribution in [0.5, 0.6) is 0 Å². The third-order valence-corrected chi connectivity index (χ3v) is 6.77. The van der Waals surface area contributed by atoms with Crippen molar-refractivity contribution in [3.63, 3.8) is 0 Å². The van der Waals surface area contributed by atoms with Crippen LogP contribution >= 0.6 is 11.6 Å². The van der Waals surface area contributed by atoms with Crippen LogP contribution in [-0.2, 0) is 19.6 Å². The van der Waals surface area contributed by atoms with Crippen LogP contribution in [0.15, 0.2) is 53.3 Å². The average Bonchev–Trinajstić information content (AvgIpc) is 3.29. The van der Waals surface area contributed by atoms with Crippen molar-refractivity contribution in [3.05, 3.63) is 92.0 Å². The standard InChI is InChI=1S/C27H26ClN5O3/c1-4-33-25(34)20-12-15(2)11-19(16(3)29-21-9-10-22(28)30-24(21)26(35)36)23(20)31-27(33)32-13-17-7-5-6-8-18(17)14-32/h5-12,16,29H,4,13-14H2,1-3H3,(H,35,36)/t16-/m1/s1. The molecular weight excluding hydrogens is 478 g/mol. The summed E-state index contributed by atoms with van der Waals surface area (Å²) in [5, 5.41) is 13.5. The molecule has 36 heavy (non-hydrogen) atoms. The van der Waals surface area contributed by atoms with Gasteiger partial charge in [0.15, 0.2) is 5.69 Å². The second kappa shape index (κ2) is 9.28. The molecule has 2 aromatic heterocycles. The van der Waals surface area contributed by atoms with E-state index in [0.29, 0.717) is 42.2 Å². The number of nitrogens with zero attached hydrogens (tertiary/aromatic N) is 4. The van der Waals surface area contributed by atoms with Gasteiger partial charge in [0.1, 0.15) is 5.15 Å². The lowest BCUT2D eigenvalue weighted by Gasteiger charge is -2.24. The molecule has 8 nitrogen and oxygen atoms in total. The van der Waals surface area contributed by atoms with Crippen molar-refractivity contribution >= 4 is 40.1 Å². The molecule has 4 aromatic rings. The van der Waals surface area contributed by atoms with Crippen LogP contribution in [-0.4, -0.2) is 25.6 Å². The van der Waals surface area contributed by atoms with Gasteiger partial charge < -0.3 is 15.3 Å². The number of carboxylic acids is 1. The first-order chi connectivity index (χ1) is 17.3. The Morgan fingerprint density at radius 1 is 1.14 bits per heavy atom. The third-order valence-electron chi connectivity index (χ3n) is 6.55. The summed E-state index contributed by atoms with van der Waals surface area (Å²) < 4.78 is 1.72. The number of hydrogen-bond donors (Lipinski definition) is 2. The minimum atomic E-state index is -1.18. The molecule has 1 aliphatic heterocycles. The fourth-order valence-corrected chi connectivity index (χ4v) is 5.00. The highest BCUT2D eigenvalue weighted by molar-refractivity contribution is 6.29.